The van der Waals surface area contributed by atoms with Crippen molar-refractivity contribution in [2.45, 2.75) is 264 Å². The predicted molar refractivity (Wildman–Crippen MR) is 364 cm³/mol. The largest absolute Gasteiger partial charge is 0.472 e. The summed E-state index contributed by atoms with van der Waals surface area (Å²) in [5.74, 6) is -0.238. The van der Waals surface area contributed by atoms with E-state index in [2.05, 4.69) is 165 Å². The predicted octanol–water partition coefficient (Wildman–Crippen LogP) is 21.4. The number of aliphatic hydroxyl groups is 1. The highest BCUT2D eigenvalue weighted by molar-refractivity contribution is 7.47. The van der Waals surface area contributed by atoms with Crippen molar-refractivity contribution in [1.29, 1.82) is 0 Å². The third-order valence-corrected chi connectivity index (χ3v) is 14.9. The Morgan fingerprint density at radius 2 is 0.735 bits per heavy atom. The van der Waals surface area contributed by atoms with Crippen LogP contribution in [0.4, 0.5) is 0 Å². The van der Waals surface area contributed by atoms with Crippen LogP contribution in [0.5, 0.6) is 0 Å². The zero-order chi connectivity index (χ0) is 60.5. The van der Waals surface area contributed by atoms with Gasteiger partial charge in [-0.15, -0.1) is 0 Å². The molecule has 0 saturated heterocycles. The lowest BCUT2D eigenvalue weighted by molar-refractivity contribution is -0.870. The molecule has 9 heteroatoms. The van der Waals surface area contributed by atoms with E-state index in [1.54, 1.807) is 6.08 Å². The molecule has 1 amide bonds. The molecule has 3 atom stereocenters. The molecule has 0 bridgehead atoms. The van der Waals surface area contributed by atoms with Crippen molar-refractivity contribution >= 4 is 13.7 Å². The highest BCUT2D eigenvalue weighted by Crippen LogP contribution is 2.43. The molecule has 3 unspecified atom stereocenters. The topological polar surface area (TPSA) is 105 Å². The summed E-state index contributed by atoms with van der Waals surface area (Å²) >= 11 is 0. The van der Waals surface area contributed by atoms with E-state index in [0.717, 1.165) is 103 Å². The van der Waals surface area contributed by atoms with Gasteiger partial charge in [0.1, 0.15) is 13.2 Å². The van der Waals surface area contributed by atoms with Crippen LogP contribution < -0.4 is 5.32 Å². The average molecular weight is 1170 g/mol. The number of quaternary nitrogens is 1. The highest BCUT2D eigenvalue weighted by atomic mass is 31.2. The molecule has 0 saturated carbocycles. The molecule has 0 spiro atoms. The number of phosphoric ester groups is 1. The molecule has 472 valence electrons. The monoisotopic (exact) mass is 1170 g/mol. The van der Waals surface area contributed by atoms with Gasteiger partial charge in [-0.3, -0.25) is 13.8 Å². The van der Waals surface area contributed by atoms with Crippen molar-refractivity contribution < 1.29 is 32.9 Å². The number of amides is 1. The van der Waals surface area contributed by atoms with E-state index < -0.39 is 20.0 Å². The van der Waals surface area contributed by atoms with Crippen molar-refractivity contribution in [3.05, 3.63) is 158 Å². The molecular weight excluding hydrogens is 1040 g/mol. The van der Waals surface area contributed by atoms with E-state index in [4.69, 9.17) is 9.05 Å². The van der Waals surface area contributed by atoms with Gasteiger partial charge in [0.2, 0.25) is 5.91 Å². The van der Waals surface area contributed by atoms with Crippen molar-refractivity contribution in [1.82, 2.24) is 5.32 Å². The van der Waals surface area contributed by atoms with Crippen molar-refractivity contribution in [3.8, 4) is 0 Å². The lowest BCUT2D eigenvalue weighted by Crippen LogP contribution is -2.45. The Morgan fingerprint density at radius 3 is 1.11 bits per heavy atom. The van der Waals surface area contributed by atoms with E-state index in [1.165, 1.54) is 122 Å². The number of unbranched alkanes of at least 4 members (excludes halogenated alkanes) is 22. The van der Waals surface area contributed by atoms with E-state index in [0.29, 0.717) is 17.4 Å². The minimum absolute atomic E-state index is 0.0357. The smallest absolute Gasteiger partial charge is 0.387 e. The number of hydrogen-bond acceptors (Lipinski definition) is 5. The van der Waals surface area contributed by atoms with Gasteiger partial charge in [-0.2, -0.15) is 0 Å². The first-order chi connectivity index (χ1) is 40.5. The number of phosphoric acid groups is 1. The van der Waals surface area contributed by atoms with Crippen LogP contribution in [-0.4, -0.2) is 73.4 Å². The molecule has 83 heavy (non-hydrogen) atoms. The number of carbonyl (C=O) groups excluding carboxylic acids is 1. The Balaban J connectivity index is 4.34. The van der Waals surface area contributed by atoms with Gasteiger partial charge < -0.3 is 19.8 Å². The molecule has 0 fully saturated rings. The Kier molecular flexibility index (Phi) is 59.7. The summed E-state index contributed by atoms with van der Waals surface area (Å²) in [6, 6.07) is -0.908. The SMILES string of the molecule is CC/C=C\C/C=C\C/C=C\C/C=C\C/C=C\C/C=C\C/C=C\C/C=C\C/C=C\C/C=C\CCCCC(=O)NC(COP(=O)(O)OCC[N+](C)(C)C)C(O)/C=C/CC/C=C/CC/C=C/CCCCCCCCCCCCCCCCCCCC. The Hall–Kier alpha value is -3.88. The first-order valence-electron chi connectivity index (χ1n) is 33.4. The fraction of sp³-hybridized carbons (Fsp3) is 0.635. The van der Waals surface area contributed by atoms with Gasteiger partial charge in [-0.25, -0.2) is 4.57 Å². The second kappa shape index (κ2) is 62.6. The molecule has 0 aliphatic rings. The molecular formula is C74H126N2O6P+. The van der Waals surface area contributed by atoms with Crippen LogP contribution in [0.1, 0.15) is 251 Å². The summed E-state index contributed by atoms with van der Waals surface area (Å²) in [6.07, 6.45) is 98.1. The minimum Gasteiger partial charge on any atom is -0.387 e. The molecule has 0 aromatic carbocycles. The number of likely N-dealkylation sites (N-methyl/N-ethyl adjacent to an activating group) is 1. The van der Waals surface area contributed by atoms with Gasteiger partial charge in [0.05, 0.1) is 39.9 Å². The molecule has 0 aliphatic heterocycles. The fourth-order valence-electron chi connectivity index (χ4n) is 8.81. The molecule has 0 aromatic rings. The second-order valence-electron chi connectivity index (χ2n) is 23.1. The number of nitrogens with one attached hydrogen (secondary N) is 1. The maximum Gasteiger partial charge on any atom is 0.472 e. The molecule has 8 nitrogen and oxygen atoms in total. The quantitative estimate of drug-likeness (QED) is 0.0243. The lowest BCUT2D eigenvalue weighted by Gasteiger charge is -2.25. The van der Waals surface area contributed by atoms with Gasteiger partial charge in [0.15, 0.2) is 0 Å². The van der Waals surface area contributed by atoms with Crippen molar-refractivity contribution in [3.63, 3.8) is 0 Å². The molecule has 0 aliphatic carbocycles. The summed E-state index contributed by atoms with van der Waals surface area (Å²) in [5, 5.41) is 13.9. The van der Waals surface area contributed by atoms with Gasteiger partial charge in [-0.05, 0) is 122 Å². The fourth-order valence-corrected chi connectivity index (χ4v) is 9.54. The van der Waals surface area contributed by atoms with Crippen LogP contribution in [0, 0.1) is 0 Å². The lowest BCUT2D eigenvalue weighted by atomic mass is 10.0. The number of nitrogens with zero attached hydrogens (tertiary/aromatic N) is 1. The standard InChI is InChI=1S/C74H125N2O6P/c1-6-8-10-12-14-16-18-20-22-24-26-28-30-32-34-36-37-38-39-40-42-44-46-48-50-52-54-56-58-60-62-64-66-68-74(78)75-72(71-82-83(79,80)81-70-69-76(3,4)5)73(77)67-65-63-61-59-57-55-53-51-49-47-45-43-41-35-33-31-29-27-25-23-21-19-17-15-13-11-9-7-2/h8,10,14,16,20,22,26,28,32,34,37-38,40,42,46,48-49,51-52,54,57-60,65,67,72-73,77H,6-7,9,11-13,15,17-19,21,23-25,27,29-31,33,35-36,39,41,43-45,47,50,53,55-56,61-64,66,68-71H2,1-5H3,(H-,75,78,79,80)/p+1/b10-8-,16-14-,22-20-,28-26-,34-32-,38-37-,42-40-,48-46-,51-49+,54-52-,59-57+,60-58-,67-65+. The summed E-state index contributed by atoms with van der Waals surface area (Å²) in [6.45, 7) is 4.64. The molecule has 3 N–H and O–H groups in total. The van der Waals surface area contributed by atoms with E-state index in [-0.39, 0.29) is 25.5 Å². The summed E-state index contributed by atoms with van der Waals surface area (Å²) in [4.78, 5) is 23.4. The molecule has 0 aromatic heterocycles. The van der Waals surface area contributed by atoms with Crippen molar-refractivity contribution in [2.24, 2.45) is 0 Å². The van der Waals surface area contributed by atoms with Gasteiger partial charge >= 0.3 is 7.82 Å². The zero-order valence-corrected chi connectivity index (χ0v) is 54.8. The Morgan fingerprint density at radius 1 is 0.422 bits per heavy atom. The van der Waals surface area contributed by atoms with E-state index >= 15 is 0 Å². The number of rotatable bonds is 59. The van der Waals surface area contributed by atoms with Crippen LogP contribution in [0.15, 0.2) is 158 Å². The number of hydrogen-bond donors (Lipinski definition) is 3. The summed E-state index contributed by atoms with van der Waals surface area (Å²) in [5.41, 5.74) is 0. The highest BCUT2D eigenvalue weighted by Gasteiger charge is 2.27. The minimum atomic E-state index is -4.39. The normalized spacial score (nSPS) is 14.7. The van der Waals surface area contributed by atoms with Gasteiger partial charge in [0, 0.05) is 6.42 Å². The zero-order valence-electron chi connectivity index (χ0n) is 53.9. The Labute approximate surface area is 511 Å². The van der Waals surface area contributed by atoms with Crippen LogP contribution in [0.2, 0.25) is 0 Å². The maximum atomic E-state index is 13.0. The van der Waals surface area contributed by atoms with Crippen LogP contribution >= 0.6 is 7.82 Å². The number of aliphatic hydroxyl groups excluding tert-OH is 1. The van der Waals surface area contributed by atoms with E-state index in [1.807, 2.05) is 27.2 Å². The summed E-state index contributed by atoms with van der Waals surface area (Å²) < 4.78 is 23.7. The first-order valence-corrected chi connectivity index (χ1v) is 34.9. The number of carbonyl (C=O) groups is 1. The molecule has 0 heterocycles. The van der Waals surface area contributed by atoms with E-state index in [9.17, 15) is 19.4 Å². The Bertz CT molecular complexity index is 1910. The number of allylic oxidation sites excluding steroid dienone is 25. The third-order valence-electron chi connectivity index (χ3n) is 14.0. The van der Waals surface area contributed by atoms with Crippen LogP contribution in [0.25, 0.3) is 0 Å². The second-order valence-corrected chi connectivity index (χ2v) is 24.5. The van der Waals surface area contributed by atoms with Gasteiger partial charge in [-0.1, -0.05) is 281 Å². The van der Waals surface area contributed by atoms with Gasteiger partial charge in [0.25, 0.3) is 0 Å². The van der Waals surface area contributed by atoms with Crippen LogP contribution in [-0.2, 0) is 18.4 Å². The van der Waals surface area contributed by atoms with Crippen molar-refractivity contribution in [2.75, 3.05) is 40.9 Å². The maximum absolute atomic E-state index is 13.0. The third kappa shape index (κ3) is 65.5. The first kappa shape index (κ1) is 79.1. The molecule has 0 rings (SSSR count). The van der Waals surface area contributed by atoms with Crippen LogP contribution in [0.3, 0.4) is 0 Å². The average Bonchev–Trinajstić information content (AvgIpc) is 3.49. The molecule has 0 radical (unpaired) electrons. The summed E-state index contributed by atoms with van der Waals surface area (Å²) in [7, 11) is 1.49.